The van der Waals surface area contributed by atoms with Gasteiger partial charge in [-0.15, -0.1) is 0 Å². The molecule has 0 saturated heterocycles. The molecule has 3 heterocycles. The van der Waals surface area contributed by atoms with E-state index in [4.69, 9.17) is 11.0 Å². The molecule has 358 valence electrons. The van der Waals surface area contributed by atoms with Gasteiger partial charge in [0.25, 0.3) is 0 Å². The SMILES string of the molecule is [C-]#[N+]c1ccccc1-c1ccc2c(c1)c1c(N(c3ccc(C(C)(C)C)cc3)c3ccccc3C)ccc3c4cc5cc6oc7cc(N(c8ccc(C(C)(C)C)cc8)c8ccccc8C)ccc7c6cc5cc4n2c31. The van der Waals surface area contributed by atoms with Crippen molar-refractivity contribution in [3.05, 3.63) is 228 Å². The number of aryl methyl sites for hydroxylation is 2. The number of hydrogen-bond acceptors (Lipinski definition) is 3. The smallest absolute Gasteiger partial charge is 0.194 e. The van der Waals surface area contributed by atoms with Gasteiger partial charge >= 0.3 is 0 Å². The molecule has 74 heavy (non-hydrogen) atoms. The van der Waals surface area contributed by atoms with Crippen LogP contribution < -0.4 is 9.80 Å². The van der Waals surface area contributed by atoms with Crippen molar-refractivity contribution in [1.82, 2.24) is 4.40 Å². The van der Waals surface area contributed by atoms with E-state index in [0.717, 1.165) is 94.4 Å². The zero-order valence-corrected chi connectivity index (χ0v) is 43.2. The van der Waals surface area contributed by atoms with Gasteiger partial charge in [0.2, 0.25) is 0 Å². The minimum Gasteiger partial charge on any atom is -0.456 e. The van der Waals surface area contributed by atoms with Crippen LogP contribution in [0.4, 0.5) is 39.8 Å². The lowest BCUT2D eigenvalue weighted by Gasteiger charge is -2.29. The summed E-state index contributed by atoms with van der Waals surface area (Å²) in [6.45, 7) is 26.0. The topological polar surface area (TPSA) is 28.4 Å². The molecule has 0 atom stereocenters. The zero-order chi connectivity index (χ0) is 50.8. The Morgan fingerprint density at radius 1 is 0.446 bits per heavy atom. The summed E-state index contributed by atoms with van der Waals surface area (Å²) >= 11 is 0. The van der Waals surface area contributed by atoms with E-state index in [-0.39, 0.29) is 10.8 Å². The van der Waals surface area contributed by atoms with Gasteiger partial charge in [0.15, 0.2) is 5.69 Å². The summed E-state index contributed by atoms with van der Waals surface area (Å²) in [4.78, 5) is 8.74. The summed E-state index contributed by atoms with van der Waals surface area (Å²) in [6, 6.07) is 70.7. The molecule has 0 aliphatic carbocycles. The third-order valence-electron chi connectivity index (χ3n) is 15.5. The van der Waals surface area contributed by atoms with Gasteiger partial charge in [-0.25, -0.2) is 4.85 Å². The average molecular weight is 957 g/mol. The highest BCUT2D eigenvalue weighted by Crippen LogP contribution is 2.50. The largest absolute Gasteiger partial charge is 0.456 e. The van der Waals surface area contributed by atoms with Gasteiger partial charge in [0.1, 0.15) is 11.2 Å². The molecule has 0 saturated carbocycles. The van der Waals surface area contributed by atoms with E-state index in [0.29, 0.717) is 5.69 Å². The Morgan fingerprint density at radius 3 is 1.68 bits per heavy atom. The third-order valence-corrected chi connectivity index (χ3v) is 15.5. The van der Waals surface area contributed by atoms with E-state index in [1.54, 1.807) is 0 Å². The van der Waals surface area contributed by atoms with Crippen LogP contribution in [0.15, 0.2) is 199 Å². The second-order valence-corrected chi connectivity index (χ2v) is 22.2. The van der Waals surface area contributed by atoms with E-state index in [2.05, 4.69) is 250 Å². The summed E-state index contributed by atoms with van der Waals surface area (Å²) in [5.74, 6) is 0. The van der Waals surface area contributed by atoms with E-state index in [1.165, 1.54) is 43.9 Å². The molecule has 10 aromatic carbocycles. The second-order valence-electron chi connectivity index (χ2n) is 22.2. The first kappa shape index (κ1) is 45.0. The Morgan fingerprint density at radius 2 is 1.01 bits per heavy atom. The Bertz CT molecular complexity index is 4420. The van der Waals surface area contributed by atoms with Crippen LogP contribution in [0.3, 0.4) is 0 Å². The highest BCUT2D eigenvalue weighted by atomic mass is 16.3. The molecule has 0 N–H and O–H groups in total. The number of aromatic nitrogens is 1. The Balaban J connectivity index is 1.03. The maximum Gasteiger partial charge on any atom is 0.194 e. The minimum absolute atomic E-state index is 0.0170. The zero-order valence-electron chi connectivity index (χ0n) is 43.2. The molecule has 13 rings (SSSR count). The third kappa shape index (κ3) is 7.12. The molecule has 5 heteroatoms. The van der Waals surface area contributed by atoms with E-state index in [9.17, 15) is 0 Å². The van der Waals surface area contributed by atoms with Crippen molar-refractivity contribution < 1.29 is 4.42 Å². The molecular formula is C69H56N4O. The summed E-state index contributed by atoms with van der Waals surface area (Å²) in [7, 11) is 0. The number of nitrogens with zero attached hydrogens (tertiary/aromatic N) is 4. The van der Waals surface area contributed by atoms with Crippen molar-refractivity contribution >= 4 is 111 Å². The number of anilines is 6. The fourth-order valence-corrected chi connectivity index (χ4v) is 11.5. The minimum atomic E-state index is 0.0170. The van der Waals surface area contributed by atoms with Crippen molar-refractivity contribution in [2.24, 2.45) is 0 Å². The van der Waals surface area contributed by atoms with Crippen LogP contribution in [-0.2, 0) is 10.8 Å². The van der Waals surface area contributed by atoms with Crippen molar-refractivity contribution in [2.45, 2.75) is 66.2 Å². The molecular weight excluding hydrogens is 901 g/mol. The van der Waals surface area contributed by atoms with E-state index < -0.39 is 0 Å². The molecule has 5 nitrogen and oxygen atoms in total. The quantitative estimate of drug-likeness (QED) is 0.149. The number of rotatable bonds is 7. The van der Waals surface area contributed by atoms with E-state index in [1.807, 2.05) is 18.2 Å². The first-order valence-electron chi connectivity index (χ1n) is 25.7. The summed E-state index contributed by atoms with van der Waals surface area (Å²) < 4.78 is 9.35. The van der Waals surface area contributed by atoms with Gasteiger partial charge in [-0.1, -0.05) is 139 Å². The number of benzene rings is 10. The number of hydrogen-bond donors (Lipinski definition) is 0. The van der Waals surface area contributed by atoms with Crippen molar-refractivity contribution in [1.29, 1.82) is 0 Å². The molecule has 0 fully saturated rings. The first-order valence-corrected chi connectivity index (χ1v) is 25.7. The van der Waals surface area contributed by atoms with E-state index >= 15 is 0 Å². The predicted molar refractivity (Wildman–Crippen MR) is 314 cm³/mol. The van der Waals surface area contributed by atoms with Crippen LogP contribution in [0.5, 0.6) is 0 Å². The van der Waals surface area contributed by atoms with Gasteiger partial charge in [0, 0.05) is 66.8 Å². The molecule has 0 aliphatic rings. The summed E-state index contributed by atoms with van der Waals surface area (Å²) in [6.07, 6.45) is 0. The van der Waals surface area contributed by atoms with Crippen LogP contribution in [0.25, 0.3) is 86.8 Å². The molecule has 0 aliphatic heterocycles. The predicted octanol–water partition coefficient (Wildman–Crippen LogP) is 20.3. The van der Waals surface area contributed by atoms with Crippen LogP contribution in [0, 0.1) is 20.4 Å². The summed E-state index contributed by atoms with van der Waals surface area (Å²) in [5, 5.41) is 9.13. The maximum atomic E-state index is 8.08. The molecule has 3 aromatic heterocycles. The van der Waals surface area contributed by atoms with Crippen LogP contribution in [0.1, 0.15) is 63.8 Å². The Kier molecular flexibility index (Phi) is 10.1. The highest BCUT2D eigenvalue weighted by molar-refractivity contribution is 6.29. The van der Waals surface area contributed by atoms with Crippen LogP contribution >= 0.6 is 0 Å². The standard InChI is InChI=1S/C69H56N4O/c1-42-16-10-14-20-59(42)71(49-27-23-47(24-28-49)68(3,4)5)51-31-32-53-56-38-45-39-63-55(37-46(45)40-64(56)74-65(53)41-51)54-33-35-62(72(60-21-15-11-17-43(60)2)50-29-25-48(26-30-50)69(6,7)8)66-57-36-44(22-34-61(57)73(63)67(54)66)52-18-12-13-19-58(52)70-9/h10-41H,1-8H3. The molecule has 0 unspecified atom stereocenters. The number of furan rings is 1. The maximum absolute atomic E-state index is 8.08. The second kappa shape index (κ2) is 16.6. The van der Waals surface area contributed by atoms with Crippen LogP contribution in [0.2, 0.25) is 0 Å². The summed E-state index contributed by atoms with van der Waals surface area (Å²) in [5.41, 5.74) is 19.4. The molecule has 0 spiro atoms. The monoisotopic (exact) mass is 956 g/mol. The fourth-order valence-electron chi connectivity index (χ4n) is 11.5. The lowest BCUT2D eigenvalue weighted by atomic mass is 9.87. The van der Waals surface area contributed by atoms with Gasteiger partial charge in [0.05, 0.1) is 28.8 Å². The highest BCUT2D eigenvalue weighted by Gasteiger charge is 2.27. The van der Waals surface area contributed by atoms with Crippen LogP contribution in [-0.4, -0.2) is 4.40 Å². The van der Waals surface area contributed by atoms with Crippen molar-refractivity contribution in [3.8, 4) is 11.1 Å². The van der Waals surface area contributed by atoms with Gasteiger partial charge in [-0.3, -0.25) is 0 Å². The number of fused-ring (bicyclic) bond motifs is 10. The van der Waals surface area contributed by atoms with Crippen molar-refractivity contribution in [3.63, 3.8) is 0 Å². The normalized spacial score (nSPS) is 12.3. The van der Waals surface area contributed by atoms with Gasteiger partial charge in [-0.2, -0.15) is 0 Å². The molecule has 0 amide bonds. The Hall–Kier alpha value is -8.85. The van der Waals surface area contributed by atoms with Crippen molar-refractivity contribution in [2.75, 3.05) is 9.80 Å². The van der Waals surface area contributed by atoms with Gasteiger partial charge < -0.3 is 18.6 Å². The number of para-hydroxylation sites is 3. The first-order chi connectivity index (χ1) is 35.7. The molecule has 0 radical (unpaired) electrons. The average Bonchev–Trinajstić information content (AvgIpc) is 4.06. The molecule has 0 bridgehead atoms. The molecule has 13 aromatic rings. The van der Waals surface area contributed by atoms with Gasteiger partial charge in [-0.05, 0) is 160 Å². The Labute approximate surface area is 432 Å². The lowest BCUT2D eigenvalue weighted by molar-refractivity contribution is 0.590. The lowest BCUT2D eigenvalue weighted by Crippen LogP contribution is -2.14. The fraction of sp³-hybridized carbons (Fsp3) is 0.145.